The fraction of sp³-hybridized carbons (Fsp3) is 0.938. The molecular formula is C16H32N2O3. The Kier molecular flexibility index (Phi) is 7.63. The molecule has 21 heavy (non-hydrogen) atoms. The first-order valence-corrected chi connectivity index (χ1v) is 8.17. The lowest BCUT2D eigenvalue weighted by atomic mass is 9.92. The molecule has 3 atom stereocenters. The molecule has 1 heterocycles. The van der Waals surface area contributed by atoms with Gasteiger partial charge in [-0.05, 0) is 53.6 Å². The zero-order valence-corrected chi connectivity index (χ0v) is 14.3. The number of esters is 1. The van der Waals surface area contributed by atoms with Gasteiger partial charge < -0.3 is 19.7 Å². The van der Waals surface area contributed by atoms with E-state index < -0.39 is 5.54 Å². The second-order valence-electron chi connectivity index (χ2n) is 6.21. The van der Waals surface area contributed by atoms with Crippen molar-refractivity contribution in [3.05, 3.63) is 0 Å². The number of carbonyl (C=O) groups is 1. The summed E-state index contributed by atoms with van der Waals surface area (Å²) in [5.41, 5.74) is -0.630. The van der Waals surface area contributed by atoms with Gasteiger partial charge in [0.1, 0.15) is 5.54 Å². The first-order chi connectivity index (χ1) is 9.92. The zero-order chi connectivity index (χ0) is 15.9. The van der Waals surface area contributed by atoms with Crippen LogP contribution in [-0.2, 0) is 14.3 Å². The van der Waals surface area contributed by atoms with Crippen LogP contribution in [0.4, 0.5) is 0 Å². The summed E-state index contributed by atoms with van der Waals surface area (Å²) in [4.78, 5) is 14.5. The van der Waals surface area contributed by atoms with Crippen molar-refractivity contribution in [1.82, 2.24) is 10.2 Å². The summed E-state index contributed by atoms with van der Waals surface area (Å²) in [6.45, 7) is 10.9. The Labute approximate surface area is 129 Å². The first-order valence-electron chi connectivity index (χ1n) is 8.17. The van der Waals surface area contributed by atoms with Crippen molar-refractivity contribution >= 4 is 5.97 Å². The third kappa shape index (κ3) is 5.57. The van der Waals surface area contributed by atoms with Crippen molar-refractivity contribution in [1.29, 1.82) is 0 Å². The molecule has 5 nitrogen and oxygen atoms in total. The van der Waals surface area contributed by atoms with E-state index in [4.69, 9.17) is 9.47 Å². The van der Waals surface area contributed by atoms with Crippen molar-refractivity contribution in [2.45, 2.75) is 64.6 Å². The van der Waals surface area contributed by atoms with E-state index in [1.54, 1.807) is 0 Å². The molecule has 0 aromatic heterocycles. The van der Waals surface area contributed by atoms with Crippen LogP contribution in [-0.4, -0.2) is 61.9 Å². The Morgan fingerprint density at radius 3 is 2.76 bits per heavy atom. The Hall–Kier alpha value is -0.650. The summed E-state index contributed by atoms with van der Waals surface area (Å²) in [6.07, 6.45) is 3.36. The van der Waals surface area contributed by atoms with E-state index in [9.17, 15) is 4.79 Å². The standard InChI is InChI=1S/C16H32N2O3/c1-6-17-16(4,15(19)20-7-2)11-13(3)18(5)12-14-9-8-10-21-14/h13-14,17H,6-12H2,1-5H3. The predicted molar refractivity (Wildman–Crippen MR) is 84.4 cm³/mol. The molecule has 0 aromatic rings. The fourth-order valence-corrected chi connectivity index (χ4v) is 2.94. The SMILES string of the molecule is CCNC(C)(CC(C)N(C)CC1CCCO1)C(=O)OCC. The van der Waals surface area contributed by atoms with E-state index >= 15 is 0 Å². The molecule has 5 heteroatoms. The number of carbonyl (C=O) groups excluding carboxylic acids is 1. The minimum atomic E-state index is -0.630. The molecule has 3 unspecified atom stereocenters. The molecule has 0 saturated carbocycles. The van der Waals surface area contributed by atoms with Crippen LogP contribution in [0.1, 0.15) is 47.0 Å². The lowest BCUT2D eigenvalue weighted by molar-refractivity contribution is -0.151. The van der Waals surface area contributed by atoms with Gasteiger partial charge in [0.15, 0.2) is 0 Å². The minimum Gasteiger partial charge on any atom is -0.465 e. The Morgan fingerprint density at radius 2 is 2.24 bits per heavy atom. The third-order valence-electron chi connectivity index (χ3n) is 4.26. The van der Waals surface area contributed by atoms with E-state index in [2.05, 4.69) is 24.2 Å². The van der Waals surface area contributed by atoms with Crippen molar-refractivity contribution in [2.75, 3.05) is 33.4 Å². The van der Waals surface area contributed by atoms with Crippen molar-refractivity contribution < 1.29 is 14.3 Å². The second kappa shape index (κ2) is 8.71. The van der Waals surface area contributed by atoms with Crippen LogP contribution in [0.15, 0.2) is 0 Å². The number of likely N-dealkylation sites (N-methyl/N-ethyl adjacent to an activating group) is 2. The van der Waals surface area contributed by atoms with Gasteiger partial charge in [-0.3, -0.25) is 4.79 Å². The van der Waals surface area contributed by atoms with Gasteiger partial charge in [0, 0.05) is 19.2 Å². The molecular weight excluding hydrogens is 268 g/mol. The monoisotopic (exact) mass is 300 g/mol. The van der Waals surface area contributed by atoms with Crippen LogP contribution in [0.2, 0.25) is 0 Å². The van der Waals surface area contributed by atoms with E-state index in [0.29, 0.717) is 12.7 Å². The molecule has 0 aliphatic carbocycles. The van der Waals surface area contributed by atoms with Gasteiger partial charge in [-0.15, -0.1) is 0 Å². The van der Waals surface area contributed by atoms with Gasteiger partial charge in [0.05, 0.1) is 12.7 Å². The largest absolute Gasteiger partial charge is 0.465 e. The number of ether oxygens (including phenoxy) is 2. The van der Waals surface area contributed by atoms with E-state index in [-0.39, 0.29) is 12.0 Å². The molecule has 0 amide bonds. The molecule has 0 spiro atoms. The van der Waals surface area contributed by atoms with Crippen molar-refractivity contribution in [2.24, 2.45) is 0 Å². The molecule has 1 rings (SSSR count). The number of hydrogen-bond acceptors (Lipinski definition) is 5. The highest BCUT2D eigenvalue weighted by atomic mass is 16.5. The molecule has 124 valence electrons. The summed E-state index contributed by atoms with van der Waals surface area (Å²) >= 11 is 0. The maximum absolute atomic E-state index is 12.2. The van der Waals surface area contributed by atoms with Gasteiger partial charge in [0.25, 0.3) is 0 Å². The predicted octanol–water partition coefficient (Wildman–Crippen LogP) is 1.81. The number of nitrogens with zero attached hydrogens (tertiary/aromatic N) is 1. The third-order valence-corrected chi connectivity index (χ3v) is 4.26. The maximum Gasteiger partial charge on any atom is 0.326 e. The van der Waals surface area contributed by atoms with E-state index in [1.807, 2.05) is 20.8 Å². The van der Waals surface area contributed by atoms with Crippen molar-refractivity contribution in [3.8, 4) is 0 Å². The first kappa shape index (κ1) is 18.4. The zero-order valence-electron chi connectivity index (χ0n) is 14.3. The number of rotatable bonds is 9. The highest BCUT2D eigenvalue weighted by Crippen LogP contribution is 2.20. The molecule has 0 bridgehead atoms. The van der Waals surface area contributed by atoms with Crippen LogP contribution >= 0.6 is 0 Å². The summed E-state index contributed by atoms with van der Waals surface area (Å²) in [5.74, 6) is -0.163. The lowest BCUT2D eigenvalue weighted by Crippen LogP contribution is -2.54. The minimum absolute atomic E-state index is 0.163. The second-order valence-corrected chi connectivity index (χ2v) is 6.21. The normalized spacial score (nSPS) is 23.0. The highest BCUT2D eigenvalue weighted by molar-refractivity contribution is 5.80. The molecule has 1 saturated heterocycles. The molecule has 0 aromatic carbocycles. The maximum atomic E-state index is 12.2. The molecule has 1 aliphatic heterocycles. The Morgan fingerprint density at radius 1 is 1.52 bits per heavy atom. The quantitative estimate of drug-likeness (QED) is 0.658. The fourth-order valence-electron chi connectivity index (χ4n) is 2.94. The average molecular weight is 300 g/mol. The summed E-state index contributed by atoms with van der Waals surface area (Å²) in [6, 6.07) is 0.280. The van der Waals surface area contributed by atoms with Gasteiger partial charge in [0.2, 0.25) is 0 Å². The summed E-state index contributed by atoms with van der Waals surface area (Å²) < 4.78 is 10.9. The smallest absolute Gasteiger partial charge is 0.326 e. The van der Waals surface area contributed by atoms with Gasteiger partial charge in [-0.25, -0.2) is 0 Å². The van der Waals surface area contributed by atoms with Crippen LogP contribution in [0.25, 0.3) is 0 Å². The van der Waals surface area contributed by atoms with Gasteiger partial charge >= 0.3 is 5.97 Å². The summed E-state index contributed by atoms with van der Waals surface area (Å²) in [5, 5.41) is 3.29. The Bertz CT molecular complexity index is 319. The molecule has 1 N–H and O–H groups in total. The lowest BCUT2D eigenvalue weighted by Gasteiger charge is -2.35. The molecule has 1 fully saturated rings. The number of nitrogens with one attached hydrogen (secondary N) is 1. The van der Waals surface area contributed by atoms with Crippen LogP contribution in [0, 0.1) is 0 Å². The number of hydrogen-bond donors (Lipinski definition) is 1. The van der Waals surface area contributed by atoms with Gasteiger partial charge in [-0.2, -0.15) is 0 Å². The highest BCUT2D eigenvalue weighted by Gasteiger charge is 2.36. The van der Waals surface area contributed by atoms with E-state index in [0.717, 1.165) is 39.0 Å². The van der Waals surface area contributed by atoms with Crippen LogP contribution in [0.5, 0.6) is 0 Å². The molecule has 0 radical (unpaired) electrons. The van der Waals surface area contributed by atoms with Gasteiger partial charge in [-0.1, -0.05) is 6.92 Å². The topological polar surface area (TPSA) is 50.8 Å². The van der Waals surface area contributed by atoms with Crippen molar-refractivity contribution in [3.63, 3.8) is 0 Å². The summed E-state index contributed by atoms with van der Waals surface area (Å²) in [7, 11) is 2.10. The Balaban J connectivity index is 2.57. The average Bonchev–Trinajstić information content (AvgIpc) is 2.92. The molecule has 1 aliphatic rings. The van der Waals surface area contributed by atoms with Crippen LogP contribution < -0.4 is 5.32 Å². The van der Waals surface area contributed by atoms with Crippen LogP contribution in [0.3, 0.4) is 0 Å². The van der Waals surface area contributed by atoms with E-state index in [1.165, 1.54) is 0 Å².